The molecule has 0 aliphatic rings. The number of Topliss-reactive ketones (excluding diaryl/α,β-unsaturated/α-hetero) is 1. The number of ketones is 1. The number of carbonyl (C=O) groups is 2. The molecule has 0 unspecified atom stereocenters. The van der Waals surface area contributed by atoms with Crippen LogP contribution in [0.4, 0.5) is 5.13 Å². The van der Waals surface area contributed by atoms with Crippen molar-refractivity contribution in [3.8, 4) is 6.07 Å². The first-order chi connectivity index (χ1) is 9.92. The number of anilines is 1. The van der Waals surface area contributed by atoms with E-state index in [1.54, 1.807) is 6.92 Å². The Kier molecular flexibility index (Phi) is 6.31. The van der Waals surface area contributed by atoms with Gasteiger partial charge < -0.3 is 9.64 Å². The minimum atomic E-state index is -0.589. The highest BCUT2D eigenvalue weighted by Crippen LogP contribution is 2.29. The topological polar surface area (TPSA) is 83.3 Å². The van der Waals surface area contributed by atoms with Crippen molar-refractivity contribution in [2.24, 2.45) is 0 Å². The molecular formula is C14H19N3O3S. The fraction of sp³-hybridized carbons (Fsp3) is 0.571. The van der Waals surface area contributed by atoms with Crippen LogP contribution in [-0.4, -0.2) is 35.9 Å². The Balaban J connectivity index is 3.19. The van der Waals surface area contributed by atoms with Crippen LogP contribution < -0.4 is 4.90 Å². The van der Waals surface area contributed by atoms with Crippen molar-refractivity contribution in [2.45, 2.75) is 40.2 Å². The van der Waals surface area contributed by atoms with E-state index in [9.17, 15) is 9.59 Å². The molecule has 0 aliphatic heterocycles. The van der Waals surface area contributed by atoms with Crippen LogP contribution in [0.3, 0.4) is 0 Å². The van der Waals surface area contributed by atoms with Gasteiger partial charge in [0, 0.05) is 19.5 Å². The molecule has 0 aliphatic carbocycles. The van der Waals surface area contributed by atoms with Gasteiger partial charge in [-0.3, -0.25) is 4.79 Å². The van der Waals surface area contributed by atoms with Gasteiger partial charge in [-0.05, 0) is 20.8 Å². The van der Waals surface area contributed by atoms with E-state index < -0.39 is 5.97 Å². The second-order valence-corrected chi connectivity index (χ2v) is 5.62. The van der Waals surface area contributed by atoms with Crippen molar-refractivity contribution >= 4 is 28.2 Å². The fourth-order valence-electron chi connectivity index (χ4n) is 1.75. The molecule has 1 aromatic heterocycles. The lowest BCUT2D eigenvalue weighted by molar-refractivity contribution is 0.0517. The van der Waals surface area contributed by atoms with Crippen LogP contribution in [0.2, 0.25) is 0 Å². The van der Waals surface area contributed by atoms with E-state index in [0.29, 0.717) is 23.0 Å². The average Bonchev–Trinajstić information content (AvgIpc) is 2.84. The minimum absolute atomic E-state index is 0.0620. The van der Waals surface area contributed by atoms with Crippen molar-refractivity contribution in [1.82, 2.24) is 4.98 Å². The summed E-state index contributed by atoms with van der Waals surface area (Å²) in [4.78, 5) is 30.0. The van der Waals surface area contributed by atoms with E-state index in [-0.39, 0.29) is 24.1 Å². The number of nitriles is 1. The number of carbonyl (C=O) groups excluding carboxylic acids is 2. The molecule has 0 spiro atoms. The van der Waals surface area contributed by atoms with Gasteiger partial charge in [-0.15, -0.1) is 0 Å². The molecule has 21 heavy (non-hydrogen) atoms. The highest BCUT2D eigenvalue weighted by molar-refractivity contribution is 7.17. The summed E-state index contributed by atoms with van der Waals surface area (Å²) in [5.74, 6) is -0.806. The van der Waals surface area contributed by atoms with Crippen LogP contribution in [-0.2, 0) is 4.74 Å². The SMILES string of the molecule is CCOC(=O)c1nc(N(CCC#N)C(C)C)sc1C(C)=O. The molecule has 0 saturated heterocycles. The predicted molar refractivity (Wildman–Crippen MR) is 80.8 cm³/mol. The van der Waals surface area contributed by atoms with Gasteiger partial charge in [0.1, 0.15) is 4.88 Å². The molecule has 0 saturated carbocycles. The molecule has 6 nitrogen and oxygen atoms in total. The lowest BCUT2D eigenvalue weighted by Crippen LogP contribution is -2.31. The summed E-state index contributed by atoms with van der Waals surface area (Å²) in [5, 5.41) is 9.29. The number of hydrogen-bond donors (Lipinski definition) is 0. The minimum Gasteiger partial charge on any atom is -0.461 e. The van der Waals surface area contributed by atoms with Gasteiger partial charge in [-0.25, -0.2) is 9.78 Å². The standard InChI is InChI=1S/C14H19N3O3S/c1-5-20-13(19)11-12(10(4)18)21-14(16-11)17(9(2)3)8-6-7-15/h9H,5-6,8H2,1-4H3. The second-order valence-electron chi connectivity index (χ2n) is 4.65. The number of hydrogen-bond acceptors (Lipinski definition) is 7. The van der Waals surface area contributed by atoms with Crippen LogP contribution in [0.1, 0.15) is 54.3 Å². The highest BCUT2D eigenvalue weighted by Gasteiger charge is 2.25. The third-order valence-electron chi connectivity index (χ3n) is 2.74. The van der Waals surface area contributed by atoms with Crippen LogP contribution in [0.15, 0.2) is 0 Å². The molecule has 0 radical (unpaired) electrons. The van der Waals surface area contributed by atoms with Crippen molar-refractivity contribution < 1.29 is 14.3 Å². The molecule has 0 atom stereocenters. The van der Waals surface area contributed by atoms with Crippen molar-refractivity contribution in [3.05, 3.63) is 10.6 Å². The Morgan fingerprint density at radius 1 is 1.48 bits per heavy atom. The summed E-state index contributed by atoms with van der Waals surface area (Å²) in [6.07, 6.45) is 0.349. The number of nitrogens with zero attached hydrogens (tertiary/aromatic N) is 3. The van der Waals surface area contributed by atoms with Crippen LogP contribution in [0.5, 0.6) is 0 Å². The van der Waals surface area contributed by atoms with Gasteiger partial charge in [0.05, 0.1) is 19.1 Å². The maximum absolute atomic E-state index is 11.9. The molecule has 1 rings (SSSR count). The van der Waals surface area contributed by atoms with Gasteiger partial charge in [0.15, 0.2) is 16.6 Å². The zero-order valence-electron chi connectivity index (χ0n) is 12.7. The Labute approximate surface area is 128 Å². The zero-order chi connectivity index (χ0) is 16.0. The van der Waals surface area contributed by atoms with Gasteiger partial charge in [-0.2, -0.15) is 5.26 Å². The molecule has 1 aromatic rings. The summed E-state index contributed by atoms with van der Waals surface area (Å²) in [6, 6.07) is 2.20. The van der Waals surface area contributed by atoms with Crippen LogP contribution >= 0.6 is 11.3 Å². The average molecular weight is 309 g/mol. The van der Waals surface area contributed by atoms with Gasteiger partial charge in [0.2, 0.25) is 0 Å². The number of ether oxygens (including phenoxy) is 1. The number of thiazole rings is 1. The maximum atomic E-state index is 11.9. The number of rotatable bonds is 7. The first-order valence-electron chi connectivity index (χ1n) is 6.74. The van der Waals surface area contributed by atoms with Crippen molar-refractivity contribution in [2.75, 3.05) is 18.1 Å². The maximum Gasteiger partial charge on any atom is 0.358 e. The quantitative estimate of drug-likeness (QED) is 0.569. The van der Waals surface area contributed by atoms with E-state index in [2.05, 4.69) is 11.1 Å². The first kappa shape index (κ1) is 17.1. The normalized spacial score (nSPS) is 10.3. The van der Waals surface area contributed by atoms with Crippen LogP contribution in [0.25, 0.3) is 0 Å². The molecule has 0 aromatic carbocycles. The van der Waals surface area contributed by atoms with Gasteiger partial charge in [-0.1, -0.05) is 11.3 Å². The van der Waals surface area contributed by atoms with Crippen molar-refractivity contribution in [1.29, 1.82) is 5.26 Å². The monoisotopic (exact) mass is 309 g/mol. The second kappa shape index (κ2) is 7.74. The third-order valence-corrected chi connectivity index (χ3v) is 3.93. The molecule has 0 amide bonds. The molecule has 114 valence electrons. The molecular weight excluding hydrogens is 290 g/mol. The van der Waals surface area contributed by atoms with Gasteiger partial charge in [0.25, 0.3) is 0 Å². The predicted octanol–water partition coefficient (Wildman–Crippen LogP) is 2.65. The smallest absolute Gasteiger partial charge is 0.358 e. The summed E-state index contributed by atoms with van der Waals surface area (Å²) < 4.78 is 4.94. The number of aromatic nitrogens is 1. The summed E-state index contributed by atoms with van der Waals surface area (Å²) >= 11 is 1.16. The lowest BCUT2D eigenvalue weighted by Gasteiger charge is -2.24. The first-order valence-corrected chi connectivity index (χ1v) is 7.56. The third kappa shape index (κ3) is 4.26. The molecule has 0 fully saturated rings. The molecule has 0 bridgehead atoms. The van der Waals surface area contributed by atoms with Crippen molar-refractivity contribution in [3.63, 3.8) is 0 Å². The summed E-state index contributed by atoms with van der Waals surface area (Å²) in [7, 11) is 0. The van der Waals surface area contributed by atoms with Gasteiger partial charge >= 0.3 is 5.97 Å². The summed E-state index contributed by atoms with van der Waals surface area (Å²) in [6.45, 7) is 7.76. The largest absolute Gasteiger partial charge is 0.461 e. The Bertz CT molecular complexity index is 560. The summed E-state index contributed by atoms with van der Waals surface area (Å²) in [5.41, 5.74) is 0.0620. The van der Waals surface area contributed by atoms with E-state index in [1.165, 1.54) is 6.92 Å². The molecule has 1 heterocycles. The Morgan fingerprint density at radius 3 is 2.62 bits per heavy atom. The Hall–Kier alpha value is -1.94. The lowest BCUT2D eigenvalue weighted by atomic mass is 10.3. The fourth-order valence-corrected chi connectivity index (χ4v) is 2.86. The van der Waals surface area contributed by atoms with E-state index in [4.69, 9.17) is 10.00 Å². The van der Waals surface area contributed by atoms with E-state index >= 15 is 0 Å². The van der Waals surface area contributed by atoms with E-state index in [1.807, 2.05) is 18.7 Å². The zero-order valence-corrected chi connectivity index (χ0v) is 13.5. The Morgan fingerprint density at radius 2 is 2.14 bits per heavy atom. The highest BCUT2D eigenvalue weighted by atomic mass is 32.1. The number of esters is 1. The molecule has 7 heteroatoms. The van der Waals surface area contributed by atoms with Crippen LogP contribution in [0, 0.1) is 11.3 Å². The molecule has 0 N–H and O–H groups in total. The van der Waals surface area contributed by atoms with E-state index in [0.717, 1.165) is 11.3 Å².